The number of pyridine rings is 1. The predicted molar refractivity (Wildman–Crippen MR) is 79.3 cm³/mol. The van der Waals surface area contributed by atoms with Crippen LogP contribution in [0.15, 0.2) is 48.8 Å². The Morgan fingerprint density at radius 1 is 1.33 bits per heavy atom. The minimum absolute atomic E-state index is 0.328. The number of hydrogen-bond acceptors (Lipinski definition) is 3. The molecule has 0 aliphatic carbocycles. The lowest BCUT2D eigenvalue weighted by atomic mass is 10.1. The highest BCUT2D eigenvalue weighted by molar-refractivity contribution is 5.96. The molecule has 0 spiro atoms. The fourth-order valence-electron chi connectivity index (χ4n) is 2.40. The average Bonchev–Trinajstić information content (AvgIpc) is 2.89. The van der Waals surface area contributed by atoms with Crippen molar-refractivity contribution in [3.8, 4) is 0 Å². The third kappa shape index (κ3) is 2.64. The summed E-state index contributed by atoms with van der Waals surface area (Å²) in [6.07, 6.45) is 3.39. The lowest BCUT2D eigenvalue weighted by Gasteiger charge is -2.07. The van der Waals surface area contributed by atoms with Gasteiger partial charge in [0.1, 0.15) is 0 Å². The first-order valence-electron chi connectivity index (χ1n) is 6.62. The minimum Gasteiger partial charge on any atom is -0.342 e. The summed E-state index contributed by atoms with van der Waals surface area (Å²) in [4.78, 5) is 15.7. The molecule has 106 valence electrons. The second-order valence-electron chi connectivity index (χ2n) is 5.00. The number of fused-ring (bicyclic) bond motifs is 1. The van der Waals surface area contributed by atoms with Gasteiger partial charge in [-0.15, -0.1) is 0 Å². The van der Waals surface area contributed by atoms with E-state index in [2.05, 4.69) is 30.1 Å². The second kappa shape index (κ2) is 5.38. The molecule has 21 heavy (non-hydrogen) atoms. The zero-order valence-electron chi connectivity index (χ0n) is 11.6. The van der Waals surface area contributed by atoms with E-state index in [-0.39, 0.29) is 0 Å². The van der Waals surface area contributed by atoms with Gasteiger partial charge in [-0.2, -0.15) is 0 Å². The van der Waals surface area contributed by atoms with Crippen LogP contribution in [0.5, 0.6) is 0 Å². The van der Waals surface area contributed by atoms with Gasteiger partial charge >= 0.3 is 0 Å². The van der Waals surface area contributed by atoms with Gasteiger partial charge in [0, 0.05) is 18.9 Å². The van der Waals surface area contributed by atoms with Crippen LogP contribution < -0.4 is 5.48 Å². The maximum Gasteiger partial charge on any atom is 0.276 e. The number of carbonyl (C=O) groups excluding carboxylic acids is 1. The Labute approximate surface area is 121 Å². The molecular formula is C16H15N3O2. The molecule has 0 unspecified atom stereocenters. The zero-order valence-corrected chi connectivity index (χ0v) is 11.6. The fourth-order valence-corrected chi connectivity index (χ4v) is 2.40. The van der Waals surface area contributed by atoms with Crippen LogP contribution in [0.1, 0.15) is 21.5 Å². The van der Waals surface area contributed by atoms with Crippen molar-refractivity contribution in [3.63, 3.8) is 0 Å². The normalized spacial score (nSPS) is 10.8. The monoisotopic (exact) mass is 281 g/mol. The highest BCUT2D eigenvalue weighted by Gasteiger charge is 2.09. The molecule has 0 aliphatic rings. The molecule has 0 saturated heterocycles. The number of aromatic nitrogens is 2. The number of aryl methyl sites for hydroxylation is 1. The van der Waals surface area contributed by atoms with Crippen LogP contribution in [0.2, 0.25) is 0 Å². The van der Waals surface area contributed by atoms with Crippen LogP contribution >= 0.6 is 0 Å². The summed E-state index contributed by atoms with van der Waals surface area (Å²) in [6.45, 7) is 2.76. The predicted octanol–water partition coefficient (Wildman–Crippen LogP) is 2.51. The molecule has 5 heteroatoms. The van der Waals surface area contributed by atoms with Crippen LogP contribution in [0.25, 0.3) is 11.0 Å². The Balaban J connectivity index is 2.00. The minimum atomic E-state index is -0.562. The summed E-state index contributed by atoms with van der Waals surface area (Å²) in [5, 5.41) is 8.71. The number of nitrogens with one attached hydrogen (secondary N) is 1. The SMILES string of the molecule is Cc1cccc(Cn2ccc3ncc(C(=O)NO)cc32)c1. The molecule has 1 amide bonds. The molecule has 0 radical (unpaired) electrons. The lowest BCUT2D eigenvalue weighted by molar-refractivity contribution is 0.0706. The zero-order chi connectivity index (χ0) is 14.8. The Morgan fingerprint density at radius 2 is 2.19 bits per heavy atom. The number of hydrogen-bond donors (Lipinski definition) is 2. The van der Waals surface area contributed by atoms with Crippen molar-refractivity contribution in [2.75, 3.05) is 0 Å². The van der Waals surface area contributed by atoms with Gasteiger partial charge in [-0.05, 0) is 24.6 Å². The topological polar surface area (TPSA) is 67.2 Å². The van der Waals surface area contributed by atoms with Crippen LogP contribution in [0, 0.1) is 6.92 Å². The van der Waals surface area contributed by atoms with E-state index in [1.807, 2.05) is 22.9 Å². The van der Waals surface area contributed by atoms with Gasteiger partial charge in [0.25, 0.3) is 5.91 Å². The van der Waals surface area contributed by atoms with Crippen molar-refractivity contribution >= 4 is 16.9 Å². The van der Waals surface area contributed by atoms with Crippen molar-refractivity contribution < 1.29 is 10.0 Å². The van der Waals surface area contributed by atoms with E-state index in [0.717, 1.165) is 11.0 Å². The van der Waals surface area contributed by atoms with Crippen molar-refractivity contribution in [1.29, 1.82) is 0 Å². The molecule has 0 aliphatic heterocycles. The third-order valence-corrected chi connectivity index (χ3v) is 3.42. The van der Waals surface area contributed by atoms with E-state index < -0.39 is 5.91 Å². The van der Waals surface area contributed by atoms with E-state index in [1.54, 1.807) is 11.5 Å². The molecule has 0 saturated carbocycles. The molecule has 1 aromatic carbocycles. The van der Waals surface area contributed by atoms with Crippen molar-refractivity contribution in [1.82, 2.24) is 15.0 Å². The number of benzene rings is 1. The molecule has 3 rings (SSSR count). The number of hydroxylamine groups is 1. The van der Waals surface area contributed by atoms with Crippen molar-refractivity contribution in [2.45, 2.75) is 13.5 Å². The maximum absolute atomic E-state index is 11.5. The fraction of sp³-hybridized carbons (Fsp3) is 0.125. The Morgan fingerprint density at radius 3 is 2.95 bits per heavy atom. The van der Waals surface area contributed by atoms with Gasteiger partial charge in [0.15, 0.2) is 0 Å². The standard InChI is InChI=1S/C16H15N3O2/c1-11-3-2-4-12(7-11)10-19-6-5-14-15(19)8-13(9-17-14)16(20)18-21/h2-9,21H,10H2,1H3,(H,18,20). The first kappa shape index (κ1) is 13.3. The highest BCUT2D eigenvalue weighted by Crippen LogP contribution is 2.17. The first-order chi connectivity index (χ1) is 10.2. The quantitative estimate of drug-likeness (QED) is 0.572. The van der Waals surface area contributed by atoms with E-state index in [4.69, 9.17) is 5.21 Å². The summed E-state index contributed by atoms with van der Waals surface area (Å²) < 4.78 is 2.03. The van der Waals surface area contributed by atoms with Gasteiger partial charge < -0.3 is 4.57 Å². The number of amides is 1. The summed E-state index contributed by atoms with van der Waals surface area (Å²) >= 11 is 0. The van der Waals surface area contributed by atoms with Gasteiger partial charge in [-0.1, -0.05) is 29.8 Å². The second-order valence-corrected chi connectivity index (χ2v) is 5.00. The van der Waals surface area contributed by atoms with Crippen LogP contribution in [0.4, 0.5) is 0 Å². The molecule has 0 atom stereocenters. The Kier molecular flexibility index (Phi) is 3.41. The Hall–Kier alpha value is -2.66. The van der Waals surface area contributed by atoms with Crippen LogP contribution in [-0.4, -0.2) is 20.7 Å². The average molecular weight is 281 g/mol. The Bertz CT molecular complexity index is 808. The molecular weight excluding hydrogens is 266 g/mol. The van der Waals surface area contributed by atoms with Gasteiger partial charge in [0.05, 0.1) is 16.6 Å². The van der Waals surface area contributed by atoms with E-state index in [9.17, 15) is 4.79 Å². The summed E-state index contributed by atoms with van der Waals surface area (Å²) in [7, 11) is 0. The summed E-state index contributed by atoms with van der Waals surface area (Å²) in [6, 6.07) is 11.9. The summed E-state index contributed by atoms with van der Waals surface area (Å²) in [5.41, 5.74) is 6.03. The highest BCUT2D eigenvalue weighted by atomic mass is 16.5. The van der Waals surface area contributed by atoms with Gasteiger partial charge in [0.2, 0.25) is 0 Å². The van der Waals surface area contributed by atoms with Crippen LogP contribution in [0.3, 0.4) is 0 Å². The molecule has 2 aromatic heterocycles. The maximum atomic E-state index is 11.5. The van der Waals surface area contributed by atoms with E-state index in [1.165, 1.54) is 17.3 Å². The molecule has 2 N–H and O–H groups in total. The lowest BCUT2D eigenvalue weighted by Crippen LogP contribution is -2.18. The number of carbonyl (C=O) groups is 1. The van der Waals surface area contributed by atoms with Crippen molar-refractivity contribution in [2.24, 2.45) is 0 Å². The first-order valence-corrected chi connectivity index (χ1v) is 6.62. The number of rotatable bonds is 3. The molecule has 2 heterocycles. The van der Waals surface area contributed by atoms with Crippen LogP contribution in [-0.2, 0) is 6.54 Å². The van der Waals surface area contributed by atoms with Gasteiger partial charge in [-0.25, -0.2) is 5.48 Å². The molecule has 0 bridgehead atoms. The van der Waals surface area contributed by atoms with E-state index in [0.29, 0.717) is 12.1 Å². The third-order valence-electron chi connectivity index (χ3n) is 3.42. The molecule has 3 aromatic rings. The molecule has 5 nitrogen and oxygen atoms in total. The largest absolute Gasteiger partial charge is 0.342 e. The van der Waals surface area contributed by atoms with Crippen molar-refractivity contribution in [3.05, 3.63) is 65.5 Å². The smallest absolute Gasteiger partial charge is 0.276 e. The van der Waals surface area contributed by atoms with Gasteiger partial charge in [-0.3, -0.25) is 15.0 Å². The summed E-state index contributed by atoms with van der Waals surface area (Å²) in [5.74, 6) is -0.562. The molecule has 0 fully saturated rings. The van der Waals surface area contributed by atoms with E-state index >= 15 is 0 Å². The number of nitrogens with zero attached hydrogens (tertiary/aromatic N) is 2.